The minimum absolute atomic E-state index is 0.237. The van der Waals surface area contributed by atoms with Crippen molar-refractivity contribution in [3.8, 4) is 11.5 Å². The van der Waals surface area contributed by atoms with Crippen molar-refractivity contribution in [1.82, 2.24) is 5.32 Å². The molecule has 0 saturated carbocycles. The maximum Gasteiger partial charge on any atom is 0.127 e. The molecule has 0 fully saturated rings. The van der Waals surface area contributed by atoms with E-state index in [0.717, 1.165) is 11.5 Å². The number of hydrogen-bond donors (Lipinski definition) is 1. The third-order valence-electron chi connectivity index (χ3n) is 3.74. The van der Waals surface area contributed by atoms with E-state index in [-0.39, 0.29) is 6.04 Å². The Hall–Kier alpha value is -1.48. The highest BCUT2D eigenvalue weighted by Crippen LogP contribution is 2.36. The molecule has 0 heterocycles. The van der Waals surface area contributed by atoms with E-state index in [2.05, 4.69) is 17.5 Å². The Balaban J connectivity index is 2.34. The smallest absolute Gasteiger partial charge is 0.127 e. The fourth-order valence-electron chi connectivity index (χ4n) is 2.72. The van der Waals surface area contributed by atoms with Gasteiger partial charge in [0.1, 0.15) is 11.5 Å². The van der Waals surface area contributed by atoms with Gasteiger partial charge in [0.15, 0.2) is 0 Å². The Bertz CT molecular complexity index is 454. The van der Waals surface area contributed by atoms with E-state index < -0.39 is 0 Å². The normalized spacial score (nSPS) is 16.7. The highest BCUT2D eigenvalue weighted by atomic mass is 16.5. The summed E-state index contributed by atoms with van der Waals surface area (Å²) in [5.74, 6) is 1.71. The second-order valence-electron chi connectivity index (χ2n) is 4.85. The molecule has 0 spiro atoms. The van der Waals surface area contributed by atoms with E-state index in [1.54, 1.807) is 14.2 Å². The Kier molecular flexibility index (Phi) is 4.86. The van der Waals surface area contributed by atoms with Gasteiger partial charge in [-0.25, -0.2) is 0 Å². The zero-order chi connectivity index (χ0) is 13.7. The summed E-state index contributed by atoms with van der Waals surface area (Å²) in [5.41, 5.74) is 2.65. The minimum Gasteiger partial charge on any atom is -0.497 e. The van der Waals surface area contributed by atoms with Gasteiger partial charge in [-0.05, 0) is 44.9 Å². The largest absolute Gasteiger partial charge is 0.497 e. The fraction of sp³-hybridized carbons (Fsp3) is 0.500. The van der Waals surface area contributed by atoms with Gasteiger partial charge in [-0.1, -0.05) is 11.6 Å². The molecule has 3 nitrogen and oxygen atoms in total. The lowest BCUT2D eigenvalue weighted by Crippen LogP contribution is -2.20. The van der Waals surface area contributed by atoms with Gasteiger partial charge in [-0.2, -0.15) is 0 Å². The van der Waals surface area contributed by atoms with Crippen LogP contribution in [0.15, 0.2) is 29.8 Å². The first kappa shape index (κ1) is 13.9. The fourth-order valence-corrected chi connectivity index (χ4v) is 2.72. The monoisotopic (exact) mass is 261 g/mol. The summed E-state index contributed by atoms with van der Waals surface area (Å²) in [6.45, 7) is 0. The number of methoxy groups -OCH3 is 2. The van der Waals surface area contributed by atoms with Crippen LogP contribution in [-0.2, 0) is 0 Å². The third kappa shape index (κ3) is 3.10. The summed E-state index contributed by atoms with van der Waals surface area (Å²) in [6.07, 6.45) is 7.31. The Labute approximate surface area is 115 Å². The standard InChI is InChI=1S/C16H23NO2/c1-17-16(12-7-5-4-6-8-12)14-10-9-13(18-2)11-15(14)19-3/h7,9-11,16-17H,4-6,8H2,1-3H3. The molecule has 19 heavy (non-hydrogen) atoms. The minimum atomic E-state index is 0.237. The highest BCUT2D eigenvalue weighted by molar-refractivity contribution is 5.45. The Morgan fingerprint density at radius 1 is 1.16 bits per heavy atom. The van der Waals surface area contributed by atoms with Crippen LogP contribution in [0.3, 0.4) is 0 Å². The van der Waals surface area contributed by atoms with Crippen molar-refractivity contribution in [3.05, 3.63) is 35.4 Å². The van der Waals surface area contributed by atoms with Gasteiger partial charge < -0.3 is 14.8 Å². The summed E-state index contributed by atoms with van der Waals surface area (Å²) >= 11 is 0. The van der Waals surface area contributed by atoms with Crippen LogP contribution in [0.1, 0.15) is 37.3 Å². The molecule has 1 aliphatic carbocycles. The van der Waals surface area contributed by atoms with Crippen molar-refractivity contribution in [1.29, 1.82) is 0 Å². The third-order valence-corrected chi connectivity index (χ3v) is 3.74. The molecule has 0 radical (unpaired) electrons. The molecule has 1 unspecified atom stereocenters. The number of nitrogens with one attached hydrogen (secondary N) is 1. The average molecular weight is 261 g/mol. The molecule has 1 N–H and O–H groups in total. The molecule has 1 aromatic rings. The highest BCUT2D eigenvalue weighted by Gasteiger charge is 2.20. The second kappa shape index (κ2) is 6.62. The molecule has 1 aromatic carbocycles. The quantitative estimate of drug-likeness (QED) is 0.823. The SMILES string of the molecule is CNC(C1=CCCCC1)c1ccc(OC)cc1OC. The second-order valence-corrected chi connectivity index (χ2v) is 4.85. The van der Waals surface area contributed by atoms with E-state index >= 15 is 0 Å². The summed E-state index contributed by atoms with van der Waals surface area (Å²) in [4.78, 5) is 0. The van der Waals surface area contributed by atoms with Crippen LogP contribution < -0.4 is 14.8 Å². The molecular weight excluding hydrogens is 238 g/mol. The predicted octanol–water partition coefficient (Wildman–Crippen LogP) is 3.46. The Morgan fingerprint density at radius 3 is 2.58 bits per heavy atom. The van der Waals surface area contributed by atoms with Crippen molar-refractivity contribution >= 4 is 0 Å². The lowest BCUT2D eigenvalue weighted by molar-refractivity contribution is 0.387. The first-order valence-electron chi connectivity index (χ1n) is 6.88. The van der Waals surface area contributed by atoms with Crippen LogP contribution in [0.25, 0.3) is 0 Å². The van der Waals surface area contributed by atoms with Crippen LogP contribution in [0.4, 0.5) is 0 Å². The molecule has 0 saturated heterocycles. The van der Waals surface area contributed by atoms with E-state index in [1.165, 1.54) is 36.8 Å². The number of rotatable bonds is 5. The molecule has 0 aromatic heterocycles. The summed E-state index contributed by atoms with van der Waals surface area (Å²) < 4.78 is 10.8. The first-order valence-corrected chi connectivity index (χ1v) is 6.88. The van der Waals surface area contributed by atoms with E-state index in [0.29, 0.717) is 0 Å². The van der Waals surface area contributed by atoms with Gasteiger partial charge in [-0.3, -0.25) is 0 Å². The first-order chi connectivity index (χ1) is 9.30. The van der Waals surface area contributed by atoms with Crippen molar-refractivity contribution in [2.24, 2.45) is 0 Å². The van der Waals surface area contributed by atoms with Crippen molar-refractivity contribution < 1.29 is 9.47 Å². The molecule has 3 heteroatoms. The molecule has 0 amide bonds. The summed E-state index contributed by atoms with van der Waals surface area (Å²) in [7, 11) is 5.39. The molecular formula is C16H23NO2. The topological polar surface area (TPSA) is 30.5 Å². The predicted molar refractivity (Wildman–Crippen MR) is 77.9 cm³/mol. The number of allylic oxidation sites excluding steroid dienone is 1. The molecule has 1 aliphatic rings. The van der Waals surface area contributed by atoms with Crippen LogP contribution in [0.2, 0.25) is 0 Å². The van der Waals surface area contributed by atoms with Gasteiger partial charge >= 0.3 is 0 Å². The van der Waals surface area contributed by atoms with Crippen LogP contribution in [0.5, 0.6) is 11.5 Å². The molecule has 0 bridgehead atoms. The van der Waals surface area contributed by atoms with Crippen LogP contribution in [0, 0.1) is 0 Å². The summed E-state index contributed by atoms with van der Waals surface area (Å²) in [5, 5.41) is 3.41. The van der Waals surface area contributed by atoms with Gasteiger partial charge in [0, 0.05) is 11.6 Å². The van der Waals surface area contributed by atoms with Gasteiger partial charge in [0.2, 0.25) is 0 Å². The van der Waals surface area contributed by atoms with Crippen molar-refractivity contribution in [3.63, 3.8) is 0 Å². The van der Waals surface area contributed by atoms with Gasteiger partial charge in [0.05, 0.1) is 20.3 Å². The zero-order valence-corrected chi connectivity index (χ0v) is 12.0. The molecule has 2 rings (SSSR count). The molecule has 104 valence electrons. The van der Waals surface area contributed by atoms with Gasteiger partial charge in [-0.15, -0.1) is 0 Å². The number of ether oxygens (including phenoxy) is 2. The molecule has 0 aliphatic heterocycles. The maximum atomic E-state index is 5.51. The van der Waals surface area contributed by atoms with Crippen molar-refractivity contribution in [2.45, 2.75) is 31.7 Å². The van der Waals surface area contributed by atoms with E-state index in [1.807, 2.05) is 19.2 Å². The lowest BCUT2D eigenvalue weighted by Gasteiger charge is -2.25. The van der Waals surface area contributed by atoms with Crippen LogP contribution >= 0.6 is 0 Å². The number of hydrogen-bond acceptors (Lipinski definition) is 3. The van der Waals surface area contributed by atoms with E-state index in [4.69, 9.17) is 9.47 Å². The average Bonchev–Trinajstić information content (AvgIpc) is 2.49. The van der Waals surface area contributed by atoms with E-state index in [9.17, 15) is 0 Å². The lowest BCUT2D eigenvalue weighted by atomic mass is 9.89. The maximum absolute atomic E-state index is 5.51. The number of benzene rings is 1. The Morgan fingerprint density at radius 2 is 2.00 bits per heavy atom. The molecule has 1 atom stereocenters. The van der Waals surface area contributed by atoms with Crippen LogP contribution in [-0.4, -0.2) is 21.3 Å². The summed E-state index contributed by atoms with van der Waals surface area (Å²) in [6, 6.07) is 6.27. The van der Waals surface area contributed by atoms with Gasteiger partial charge in [0.25, 0.3) is 0 Å². The number of likely N-dealkylation sites (N-methyl/N-ethyl adjacent to an activating group) is 1. The van der Waals surface area contributed by atoms with Crippen molar-refractivity contribution in [2.75, 3.05) is 21.3 Å². The zero-order valence-electron chi connectivity index (χ0n) is 12.0.